The van der Waals surface area contributed by atoms with Crippen molar-refractivity contribution in [3.63, 3.8) is 0 Å². The Kier molecular flexibility index (Phi) is 2.80. The number of phenolic OH excluding ortho intramolecular Hbond substituents is 1. The normalized spacial score (nSPS) is 24.8. The van der Waals surface area contributed by atoms with Crippen LogP contribution in [0.4, 0.5) is 0 Å². The van der Waals surface area contributed by atoms with E-state index in [1.54, 1.807) is 12.1 Å². The first-order chi connectivity index (χ1) is 7.58. The van der Waals surface area contributed by atoms with Gasteiger partial charge in [-0.25, -0.2) is 0 Å². The number of carbonyl (C=O) groups is 1. The van der Waals surface area contributed by atoms with Crippen LogP contribution < -0.4 is 0 Å². The minimum absolute atomic E-state index is 0.0196. The molecule has 1 saturated heterocycles. The lowest BCUT2D eigenvalue weighted by atomic mass is 10.2. The summed E-state index contributed by atoms with van der Waals surface area (Å²) in [5.41, 5.74) is 0.348. The molecule has 0 aromatic heterocycles. The molecule has 0 bridgehead atoms. The zero-order valence-electron chi connectivity index (χ0n) is 8.58. The van der Waals surface area contributed by atoms with Crippen LogP contribution in [-0.2, 0) is 0 Å². The van der Waals surface area contributed by atoms with Gasteiger partial charge in [-0.3, -0.25) is 4.79 Å². The predicted octanol–water partition coefficient (Wildman–Crippen LogP) is -0.430. The van der Waals surface area contributed by atoms with Gasteiger partial charge >= 0.3 is 0 Å². The standard InChI is InChI=1S/C11H13NO4/c13-8-3-1-2-7(4-8)11(16)12-5-9(14)10(15)6-12/h1-4,9-10,13-15H,5-6H2. The summed E-state index contributed by atoms with van der Waals surface area (Å²) in [5, 5.41) is 27.9. The number of benzene rings is 1. The molecule has 1 fully saturated rings. The van der Waals surface area contributed by atoms with E-state index < -0.39 is 12.2 Å². The Hall–Kier alpha value is -1.59. The first-order valence-corrected chi connectivity index (χ1v) is 5.02. The lowest BCUT2D eigenvalue weighted by molar-refractivity contribution is 0.0572. The summed E-state index contributed by atoms with van der Waals surface area (Å²) in [6.45, 7) is 0.241. The van der Waals surface area contributed by atoms with Crippen molar-refractivity contribution in [2.45, 2.75) is 12.2 Å². The van der Waals surface area contributed by atoms with Crippen molar-refractivity contribution in [3.8, 4) is 5.75 Å². The number of rotatable bonds is 1. The van der Waals surface area contributed by atoms with E-state index in [1.807, 2.05) is 0 Å². The Morgan fingerprint density at radius 1 is 1.25 bits per heavy atom. The number of amides is 1. The van der Waals surface area contributed by atoms with E-state index in [2.05, 4.69) is 0 Å². The van der Waals surface area contributed by atoms with Crippen LogP contribution in [0.5, 0.6) is 5.75 Å². The molecule has 16 heavy (non-hydrogen) atoms. The first kappa shape index (κ1) is 10.9. The highest BCUT2D eigenvalue weighted by Gasteiger charge is 2.32. The Morgan fingerprint density at radius 3 is 2.44 bits per heavy atom. The van der Waals surface area contributed by atoms with Gasteiger partial charge in [-0.05, 0) is 18.2 Å². The van der Waals surface area contributed by atoms with E-state index in [9.17, 15) is 20.1 Å². The Morgan fingerprint density at radius 2 is 1.88 bits per heavy atom. The minimum atomic E-state index is -0.888. The molecule has 86 valence electrons. The smallest absolute Gasteiger partial charge is 0.254 e. The Bertz CT molecular complexity index is 397. The topological polar surface area (TPSA) is 81.0 Å². The fourth-order valence-electron chi connectivity index (χ4n) is 1.76. The van der Waals surface area contributed by atoms with Crippen LogP contribution in [0.2, 0.25) is 0 Å². The Balaban J connectivity index is 2.14. The molecule has 2 unspecified atom stereocenters. The fraction of sp³-hybridized carbons (Fsp3) is 0.364. The minimum Gasteiger partial charge on any atom is -0.508 e. The van der Waals surface area contributed by atoms with E-state index in [4.69, 9.17) is 0 Å². The highest BCUT2D eigenvalue weighted by atomic mass is 16.3. The number of aliphatic hydroxyl groups is 2. The van der Waals surface area contributed by atoms with E-state index >= 15 is 0 Å². The molecule has 1 aromatic rings. The average molecular weight is 223 g/mol. The molecule has 0 saturated carbocycles. The van der Waals surface area contributed by atoms with Crippen molar-refractivity contribution < 1.29 is 20.1 Å². The van der Waals surface area contributed by atoms with Crippen LogP contribution in [0.25, 0.3) is 0 Å². The summed E-state index contributed by atoms with van der Waals surface area (Å²) in [6.07, 6.45) is -1.78. The number of hydrogen-bond acceptors (Lipinski definition) is 4. The van der Waals surface area contributed by atoms with Crippen LogP contribution >= 0.6 is 0 Å². The van der Waals surface area contributed by atoms with Gasteiger partial charge in [0.25, 0.3) is 5.91 Å². The third kappa shape index (κ3) is 2.00. The second-order valence-electron chi connectivity index (χ2n) is 3.90. The average Bonchev–Trinajstić information content (AvgIpc) is 2.58. The summed E-state index contributed by atoms with van der Waals surface area (Å²) < 4.78 is 0. The van der Waals surface area contributed by atoms with Gasteiger partial charge in [-0.1, -0.05) is 6.07 Å². The summed E-state index contributed by atoms with van der Waals surface area (Å²) >= 11 is 0. The van der Waals surface area contributed by atoms with Gasteiger partial charge in [0.1, 0.15) is 5.75 Å². The van der Waals surface area contributed by atoms with Crippen LogP contribution in [0.1, 0.15) is 10.4 Å². The number of β-amino-alcohol motifs (C(OH)–C–C–N with tert-alkyl or cyclic N) is 2. The molecule has 5 heteroatoms. The van der Waals surface area contributed by atoms with Crippen molar-refractivity contribution in [1.29, 1.82) is 0 Å². The van der Waals surface area contributed by atoms with Gasteiger partial charge in [0, 0.05) is 18.7 Å². The summed E-state index contributed by atoms with van der Waals surface area (Å²) in [4.78, 5) is 13.2. The molecule has 2 atom stereocenters. The van der Waals surface area contributed by atoms with E-state index in [0.29, 0.717) is 5.56 Å². The fourth-order valence-corrected chi connectivity index (χ4v) is 1.76. The van der Waals surface area contributed by atoms with Crippen molar-refractivity contribution in [3.05, 3.63) is 29.8 Å². The van der Waals surface area contributed by atoms with Crippen molar-refractivity contribution in [1.82, 2.24) is 4.90 Å². The lowest BCUT2D eigenvalue weighted by Gasteiger charge is -2.15. The highest BCUT2D eigenvalue weighted by molar-refractivity contribution is 5.94. The van der Waals surface area contributed by atoms with Crippen molar-refractivity contribution in [2.75, 3.05) is 13.1 Å². The van der Waals surface area contributed by atoms with Crippen LogP contribution in [0.3, 0.4) is 0 Å². The van der Waals surface area contributed by atoms with Gasteiger partial charge in [-0.2, -0.15) is 0 Å². The van der Waals surface area contributed by atoms with Crippen LogP contribution in [0, 0.1) is 0 Å². The van der Waals surface area contributed by atoms with Crippen molar-refractivity contribution in [2.24, 2.45) is 0 Å². The molecule has 1 aromatic carbocycles. The van der Waals surface area contributed by atoms with Crippen molar-refractivity contribution >= 4 is 5.91 Å². The molecule has 2 rings (SSSR count). The number of phenols is 1. The number of hydrogen-bond donors (Lipinski definition) is 3. The van der Waals surface area contributed by atoms with Gasteiger partial charge in [0.05, 0.1) is 12.2 Å². The zero-order chi connectivity index (χ0) is 11.7. The van der Waals surface area contributed by atoms with Gasteiger partial charge in [-0.15, -0.1) is 0 Å². The third-order valence-electron chi connectivity index (χ3n) is 2.64. The molecule has 1 heterocycles. The first-order valence-electron chi connectivity index (χ1n) is 5.02. The highest BCUT2D eigenvalue weighted by Crippen LogP contribution is 2.17. The van der Waals surface area contributed by atoms with Gasteiger partial charge < -0.3 is 20.2 Å². The zero-order valence-corrected chi connectivity index (χ0v) is 8.58. The lowest BCUT2D eigenvalue weighted by Crippen LogP contribution is -2.29. The van der Waals surface area contributed by atoms with E-state index in [1.165, 1.54) is 17.0 Å². The van der Waals surface area contributed by atoms with Crippen LogP contribution in [0.15, 0.2) is 24.3 Å². The summed E-state index contributed by atoms with van der Waals surface area (Å²) in [6, 6.07) is 5.99. The largest absolute Gasteiger partial charge is 0.508 e. The molecule has 0 aliphatic carbocycles. The number of aromatic hydroxyl groups is 1. The molecule has 3 N–H and O–H groups in total. The van der Waals surface area contributed by atoms with Gasteiger partial charge in [0.15, 0.2) is 0 Å². The maximum atomic E-state index is 11.9. The maximum absolute atomic E-state index is 11.9. The predicted molar refractivity (Wildman–Crippen MR) is 56.0 cm³/mol. The number of aliphatic hydroxyl groups excluding tert-OH is 2. The molecule has 1 amide bonds. The molecule has 1 aliphatic rings. The molecule has 0 spiro atoms. The molecule has 5 nitrogen and oxygen atoms in total. The number of carbonyl (C=O) groups excluding carboxylic acids is 1. The molecular formula is C11H13NO4. The van der Waals surface area contributed by atoms with Gasteiger partial charge in [0.2, 0.25) is 0 Å². The monoisotopic (exact) mass is 223 g/mol. The second-order valence-corrected chi connectivity index (χ2v) is 3.90. The second kappa shape index (κ2) is 4.11. The summed E-state index contributed by atoms with van der Waals surface area (Å²) in [7, 11) is 0. The number of nitrogens with zero attached hydrogens (tertiary/aromatic N) is 1. The summed E-state index contributed by atoms with van der Waals surface area (Å²) in [5.74, 6) is -0.280. The molecule has 1 aliphatic heterocycles. The Labute approximate surface area is 92.6 Å². The SMILES string of the molecule is O=C(c1cccc(O)c1)N1CC(O)C(O)C1. The third-order valence-corrected chi connectivity index (χ3v) is 2.64. The number of likely N-dealkylation sites (tertiary alicyclic amines) is 1. The van der Waals surface area contributed by atoms with E-state index in [-0.39, 0.29) is 24.7 Å². The van der Waals surface area contributed by atoms with Crippen LogP contribution in [-0.4, -0.2) is 51.4 Å². The maximum Gasteiger partial charge on any atom is 0.254 e. The quantitative estimate of drug-likeness (QED) is 0.603. The van der Waals surface area contributed by atoms with E-state index in [0.717, 1.165) is 0 Å². The molecule has 0 radical (unpaired) electrons. The molecular weight excluding hydrogens is 210 g/mol.